The fourth-order valence-corrected chi connectivity index (χ4v) is 1.84. The number of aryl methyl sites for hydroxylation is 1. The Morgan fingerprint density at radius 1 is 1.21 bits per heavy atom. The average Bonchev–Trinajstić information content (AvgIpc) is 2.38. The molecule has 1 rings (SSSR count). The number of rotatable bonds is 8. The van der Waals surface area contributed by atoms with Crippen LogP contribution in [0, 0.1) is 12.3 Å². The van der Waals surface area contributed by atoms with Crippen molar-refractivity contribution in [3.63, 3.8) is 0 Å². The predicted molar refractivity (Wildman–Crippen MR) is 79.8 cm³/mol. The van der Waals surface area contributed by atoms with Crippen LogP contribution in [-0.2, 0) is 0 Å². The van der Waals surface area contributed by atoms with Crippen LogP contribution >= 0.6 is 0 Å². The molecule has 0 aliphatic carbocycles. The SMILES string of the molecule is CCCCN(CCCC)c1nc(C)cc(C(=N)N)n1. The quantitative estimate of drug-likeness (QED) is 0.558. The Labute approximate surface area is 115 Å². The van der Waals surface area contributed by atoms with E-state index in [0.717, 1.165) is 44.5 Å². The van der Waals surface area contributed by atoms with Gasteiger partial charge in [0.2, 0.25) is 5.95 Å². The molecular weight excluding hydrogens is 238 g/mol. The van der Waals surface area contributed by atoms with Gasteiger partial charge >= 0.3 is 0 Å². The number of nitrogen functional groups attached to an aromatic ring is 1. The van der Waals surface area contributed by atoms with E-state index in [-0.39, 0.29) is 5.84 Å². The van der Waals surface area contributed by atoms with Gasteiger partial charge in [0.1, 0.15) is 11.5 Å². The van der Waals surface area contributed by atoms with Gasteiger partial charge in [0.25, 0.3) is 0 Å². The lowest BCUT2D eigenvalue weighted by Gasteiger charge is -2.23. The van der Waals surface area contributed by atoms with Gasteiger partial charge in [-0.1, -0.05) is 26.7 Å². The van der Waals surface area contributed by atoms with E-state index >= 15 is 0 Å². The Bertz CT molecular complexity index is 408. The minimum Gasteiger partial charge on any atom is -0.382 e. The van der Waals surface area contributed by atoms with Crippen LogP contribution < -0.4 is 10.6 Å². The zero-order valence-corrected chi connectivity index (χ0v) is 12.2. The van der Waals surface area contributed by atoms with E-state index in [1.165, 1.54) is 0 Å². The van der Waals surface area contributed by atoms with Crippen molar-refractivity contribution >= 4 is 11.8 Å². The van der Waals surface area contributed by atoms with Crippen LogP contribution in [0.3, 0.4) is 0 Å². The summed E-state index contributed by atoms with van der Waals surface area (Å²) >= 11 is 0. The van der Waals surface area contributed by atoms with E-state index in [1.807, 2.05) is 6.92 Å². The van der Waals surface area contributed by atoms with Crippen LogP contribution in [-0.4, -0.2) is 28.9 Å². The van der Waals surface area contributed by atoms with E-state index in [0.29, 0.717) is 11.6 Å². The minimum absolute atomic E-state index is 0.00215. The van der Waals surface area contributed by atoms with E-state index in [1.54, 1.807) is 6.07 Å². The Balaban J connectivity index is 2.95. The third-order valence-corrected chi connectivity index (χ3v) is 2.96. The maximum atomic E-state index is 7.51. The molecule has 0 radical (unpaired) electrons. The van der Waals surface area contributed by atoms with Gasteiger partial charge in [-0.2, -0.15) is 0 Å². The number of nitrogens with zero attached hydrogens (tertiary/aromatic N) is 3. The van der Waals surface area contributed by atoms with Crippen molar-refractivity contribution < 1.29 is 0 Å². The summed E-state index contributed by atoms with van der Waals surface area (Å²) < 4.78 is 0. The second-order valence-corrected chi connectivity index (χ2v) is 4.80. The highest BCUT2D eigenvalue weighted by atomic mass is 15.2. The molecule has 5 heteroatoms. The van der Waals surface area contributed by atoms with Crippen LogP contribution in [0.15, 0.2) is 6.07 Å². The van der Waals surface area contributed by atoms with Gasteiger partial charge in [0.05, 0.1) is 0 Å². The summed E-state index contributed by atoms with van der Waals surface area (Å²) in [6.45, 7) is 8.18. The van der Waals surface area contributed by atoms with Crippen molar-refractivity contribution in [3.8, 4) is 0 Å². The van der Waals surface area contributed by atoms with Crippen molar-refractivity contribution in [2.75, 3.05) is 18.0 Å². The number of amidine groups is 1. The average molecular weight is 263 g/mol. The van der Waals surface area contributed by atoms with Crippen LogP contribution in [0.5, 0.6) is 0 Å². The molecule has 0 saturated heterocycles. The Morgan fingerprint density at radius 3 is 2.26 bits per heavy atom. The van der Waals surface area contributed by atoms with Gasteiger partial charge in [0, 0.05) is 18.8 Å². The zero-order chi connectivity index (χ0) is 14.3. The Hall–Kier alpha value is -1.65. The van der Waals surface area contributed by atoms with Crippen LogP contribution in [0.25, 0.3) is 0 Å². The third kappa shape index (κ3) is 4.85. The highest BCUT2D eigenvalue weighted by Gasteiger charge is 2.11. The summed E-state index contributed by atoms with van der Waals surface area (Å²) in [6, 6.07) is 1.75. The number of nitrogens with two attached hydrogens (primary N) is 1. The van der Waals surface area contributed by atoms with E-state index in [2.05, 4.69) is 28.7 Å². The first-order chi connectivity index (χ1) is 9.08. The van der Waals surface area contributed by atoms with E-state index in [4.69, 9.17) is 11.1 Å². The lowest BCUT2D eigenvalue weighted by atomic mass is 10.2. The molecule has 1 aromatic heterocycles. The molecule has 0 spiro atoms. The predicted octanol–water partition coefficient (Wildman–Crippen LogP) is 2.48. The smallest absolute Gasteiger partial charge is 0.226 e. The van der Waals surface area contributed by atoms with Gasteiger partial charge in [-0.05, 0) is 25.8 Å². The van der Waals surface area contributed by atoms with Gasteiger partial charge < -0.3 is 10.6 Å². The number of aromatic nitrogens is 2. The fraction of sp³-hybridized carbons (Fsp3) is 0.643. The van der Waals surface area contributed by atoms with Crippen molar-refractivity contribution in [1.82, 2.24) is 9.97 Å². The number of unbranched alkanes of at least 4 members (excludes halogenated alkanes) is 2. The first-order valence-corrected chi connectivity index (χ1v) is 7.03. The van der Waals surface area contributed by atoms with Crippen molar-refractivity contribution in [3.05, 3.63) is 17.5 Å². The molecule has 0 unspecified atom stereocenters. The van der Waals surface area contributed by atoms with E-state index < -0.39 is 0 Å². The van der Waals surface area contributed by atoms with Gasteiger partial charge in [-0.15, -0.1) is 0 Å². The largest absolute Gasteiger partial charge is 0.382 e. The van der Waals surface area contributed by atoms with E-state index in [9.17, 15) is 0 Å². The molecule has 106 valence electrons. The van der Waals surface area contributed by atoms with Gasteiger partial charge in [-0.3, -0.25) is 5.41 Å². The molecule has 0 aromatic carbocycles. The monoisotopic (exact) mass is 263 g/mol. The number of hydrogen-bond donors (Lipinski definition) is 2. The summed E-state index contributed by atoms with van der Waals surface area (Å²) in [5.41, 5.74) is 6.90. The third-order valence-electron chi connectivity index (χ3n) is 2.96. The lowest BCUT2D eigenvalue weighted by Crippen LogP contribution is -2.29. The number of hydrogen-bond acceptors (Lipinski definition) is 4. The normalized spacial score (nSPS) is 10.5. The molecule has 0 atom stereocenters. The molecule has 0 amide bonds. The molecule has 1 heterocycles. The number of anilines is 1. The molecule has 0 bridgehead atoms. The summed E-state index contributed by atoms with van der Waals surface area (Å²) in [4.78, 5) is 11.1. The molecule has 0 saturated carbocycles. The topological polar surface area (TPSA) is 78.9 Å². The van der Waals surface area contributed by atoms with Crippen LogP contribution in [0.2, 0.25) is 0 Å². The first kappa shape index (κ1) is 15.4. The summed E-state index contributed by atoms with van der Waals surface area (Å²) in [7, 11) is 0. The molecule has 0 fully saturated rings. The van der Waals surface area contributed by atoms with Crippen molar-refractivity contribution in [1.29, 1.82) is 5.41 Å². The molecule has 19 heavy (non-hydrogen) atoms. The van der Waals surface area contributed by atoms with Crippen molar-refractivity contribution in [2.45, 2.75) is 46.5 Å². The molecule has 5 nitrogen and oxygen atoms in total. The standard InChI is InChI=1S/C14H25N5/c1-4-6-8-19(9-7-5-2)14-17-11(3)10-12(18-14)13(15)16/h10H,4-9H2,1-3H3,(H3,15,16). The summed E-state index contributed by atoms with van der Waals surface area (Å²) in [5, 5.41) is 7.51. The summed E-state index contributed by atoms with van der Waals surface area (Å²) in [5.74, 6) is 0.699. The van der Waals surface area contributed by atoms with Gasteiger partial charge in [-0.25, -0.2) is 9.97 Å². The van der Waals surface area contributed by atoms with Gasteiger partial charge in [0.15, 0.2) is 0 Å². The van der Waals surface area contributed by atoms with Crippen LogP contribution in [0.1, 0.15) is 50.9 Å². The van der Waals surface area contributed by atoms with Crippen LogP contribution in [0.4, 0.5) is 5.95 Å². The highest BCUT2D eigenvalue weighted by Crippen LogP contribution is 2.12. The number of nitrogens with one attached hydrogen (secondary N) is 1. The fourth-order valence-electron chi connectivity index (χ4n) is 1.84. The lowest BCUT2D eigenvalue weighted by molar-refractivity contribution is 0.661. The van der Waals surface area contributed by atoms with Crippen molar-refractivity contribution in [2.24, 2.45) is 5.73 Å². The second kappa shape index (κ2) is 7.71. The molecular formula is C14H25N5. The first-order valence-electron chi connectivity index (χ1n) is 7.03. The zero-order valence-electron chi connectivity index (χ0n) is 12.2. The summed E-state index contributed by atoms with van der Waals surface area (Å²) in [6.07, 6.45) is 4.54. The molecule has 0 aliphatic heterocycles. The molecule has 1 aromatic rings. The Morgan fingerprint density at radius 2 is 1.79 bits per heavy atom. The highest BCUT2D eigenvalue weighted by molar-refractivity contribution is 5.93. The second-order valence-electron chi connectivity index (χ2n) is 4.80. The molecule has 0 aliphatic rings. The maximum absolute atomic E-state index is 7.51. The maximum Gasteiger partial charge on any atom is 0.226 e. The Kier molecular flexibility index (Phi) is 6.25. The molecule has 3 N–H and O–H groups in total. The minimum atomic E-state index is -0.00215.